The fourth-order valence-corrected chi connectivity index (χ4v) is 1.78. The lowest BCUT2D eigenvalue weighted by Crippen LogP contribution is -1.91. The van der Waals surface area contributed by atoms with E-state index in [1.807, 2.05) is 12.1 Å². The van der Waals surface area contributed by atoms with E-state index >= 15 is 0 Å². The van der Waals surface area contributed by atoms with Gasteiger partial charge in [-0.1, -0.05) is 11.6 Å². The summed E-state index contributed by atoms with van der Waals surface area (Å²) >= 11 is 7.19. The van der Waals surface area contributed by atoms with Crippen LogP contribution in [0.3, 0.4) is 0 Å². The number of rotatable bonds is 1. The monoisotopic (exact) mass is 200 g/mol. The molecule has 0 aliphatic rings. The summed E-state index contributed by atoms with van der Waals surface area (Å²) in [6.07, 6.45) is 0. The van der Waals surface area contributed by atoms with Crippen molar-refractivity contribution in [3.8, 4) is 10.7 Å². The standard InChI is InChI=1S/C6H5ClN4S/c1-11-9-6(8-10-11)4-2-3-5(7)12-4/h2-3H,1H3. The minimum Gasteiger partial charge on any atom is -0.167 e. The third-order valence-corrected chi connectivity index (χ3v) is 2.53. The molecule has 0 saturated carbocycles. The predicted octanol–water partition coefficient (Wildman–Crippen LogP) is 1.59. The maximum absolute atomic E-state index is 5.75. The molecule has 2 rings (SSSR count). The van der Waals surface area contributed by atoms with Crippen molar-refractivity contribution in [3.05, 3.63) is 16.5 Å². The van der Waals surface area contributed by atoms with Gasteiger partial charge in [-0.15, -0.1) is 21.5 Å². The zero-order valence-corrected chi connectivity index (χ0v) is 7.80. The van der Waals surface area contributed by atoms with E-state index in [0.29, 0.717) is 5.82 Å². The molecule has 0 saturated heterocycles. The molecular formula is C6H5ClN4S. The largest absolute Gasteiger partial charge is 0.214 e. The van der Waals surface area contributed by atoms with Gasteiger partial charge in [0.05, 0.1) is 16.3 Å². The second-order valence-corrected chi connectivity index (χ2v) is 3.92. The van der Waals surface area contributed by atoms with E-state index in [9.17, 15) is 0 Å². The molecule has 0 atom stereocenters. The summed E-state index contributed by atoms with van der Waals surface area (Å²) in [7, 11) is 1.73. The smallest absolute Gasteiger partial charge is 0.167 e. The average Bonchev–Trinajstić information content (AvgIpc) is 2.58. The molecule has 0 spiro atoms. The minimum atomic E-state index is 0.620. The fraction of sp³-hybridized carbons (Fsp3) is 0.167. The highest BCUT2D eigenvalue weighted by Crippen LogP contribution is 2.27. The fourth-order valence-electron chi connectivity index (χ4n) is 0.817. The van der Waals surface area contributed by atoms with Crippen LogP contribution in [0.15, 0.2) is 12.1 Å². The first-order chi connectivity index (χ1) is 5.75. The van der Waals surface area contributed by atoms with Gasteiger partial charge in [-0.25, -0.2) is 0 Å². The molecule has 2 aromatic rings. The maximum Gasteiger partial charge on any atom is 0.214 e. The molecule has 2 aromatic heterocycles. The van der Waals surface area contributed by atoms with Crippen molar-refractivity contribution in [3.63, 3.8) is 0 Å². The van der Waals surface area contributed by atoms with Crippen LogP contribution in [-0.4, -0.2) is 20.2 Å². The molecule has 62 valence electrons. The molecule has 0 fully saturated rings. The van der Waals surface area contributed by atoms with E-state index in [1.54, 1.807) is 7.05 Å². The lowest BCUT2D eigenvalue weighted by Gasteiger charge is -1.82. The molecule has 0 aromatic carbocycles. The van der Waals surface area contributed by atoms with E-state index < -0.39 is 0 Å². The summed E-state index contributed by atoms with van der Waals surface area (Å²) in [6.45, 7) is 0. The summed E-state index contributed by atoms with van der Waals surface area (Å²) in [5, 5.41) is 11.6. The first kappa shape index (κ1) is 7.70. The van der Waals surface area contributed by atoms with Crippen molar-refractivity contribution in [2.24, 2.45) is 7.05 Å². The summed E-state index contributed by atoms with van der Waals surface area (Å²) < 4.78 is 0.734. The first-order valence-electron chi connectivity index (χ1n) is 3.25. The Morgan fingerprint density at radius 3 is 2.83 bits per heavy atom. The second-order valence-electron chi connectivity index (χ2n) is 2.21. The number of hydrogen-bond acceptors (Lipinski definition) is 4. The van der Waals surface area contributed by atoms with Crippen molar-refractivity contribution in [1.29, 1.82) is 0 Å². The van der Waals surface area contributed by atoms with Gasteiger partial charge in [0, 0.05) is 0 Å². The van der Waals surface area contributed by atoms with Gasteiger partial charge in [-0.05, 0) is 17.3 Å². The van der Waals surface area contributed by atoms with Gasteiger partial charge in [0.1, 0.15) is 0 Å². The first-order valence-corrected chi connectivity index (χ1v) is 4.45. The average molecular weight is 201 g/mol. The van der Waals surface area contributed by atoms with Crippen LogP contribution in [0.1, 0.15) is 0 Å². The van der Waals surface area contributed by atoms with Crippen LogP contribution in [0.4, 0.5) is 0 Å². The van der Waals surface area contributed by atoms with Crippen LogP contribution < -0.4 is 0 Å². The molecule has 0 aliphatic heterocycles. The lowest BCUT2D eigenvalue weighted by atomic mass is 10.5. The number of tetrazole rings is 1. The van der Waals surface area contributed by atoms with Gasteiger partial charge in [0.2, 0.25) is 5.82 Å². The molecular weight excluding hydrogens is 196 g/mol. The van der Waals surface area contributed by atoms with Gasteiger partial charge >= 0.3 is 0 Å². The van der Waals surface area contributed by atoms with Crippen LogP contribution in [0.2, 0.25) is 4.34 Å². The van der Waals surface area contributed by atoms with E-state index in [-0.39, 0.29) is 0 Å². The lowest BCUT2D eigenvalue weighted by molar-refractivity contribution is 0.630. The number of nitrogens with zero attached hydrogens (tertiary/aromatic N) is 4. The van der Waals surface area contributed by atoms with Gasteiger partial charge < -0.3 is 0 Å². The normalized spacial score (nSPS) is 10.5. The molecule has 0 amide bonds. The summed E-state index contributed by atoms with van der Waals surface area (Å²) in [4.78, 5) is 2.36. The Morgan fingerprint density at radius 2 is 2.33 bits per heavy atom. The van der Waals surface area contributed by atoms with Crippen molar-refractivity contribution in [2.75, 3.05) is 0 Å². The van der Waals surface area contributed by atoms with E-state index in [4.69, 9.17) is 11.6 Å². The van der Waals surface area contributed by atoms with E-state index in [1.165, 1.54) is 16.1 Å². The summed E-state index contributed by atoms with van der Waals surface area (Å²) in [5.74, 6) is 0.620. The molecule has 0 unspecified atom stereocenters. The molecule has 2 heterocycles. The minimum absolute atomic E-state index is 0.620. The third kappa shape index (κ3) is 1.33. The number of thiophene rings is 1. The van der Waals surface area contributed by atoms with Gasteiger partial charge in [-0.3, -0.25) is 0 Å². The maximum atomic E-state index is 5.75. The van der Waals surface area contributed by atoms with Crippen LogP contribution >= 0.6 is 22.9 Å². The van der Waals surface area contributed by atoms with Crippen LogP contribution in [-0.2, 0) is 7.05 Å². The topological polar surface area (TPSA) is 43.6 Å². The Balaban J connectivity index is 2.43. The van der Waals surface area contributed by atoms with E-state index in [0.717, 1.165) is 9.21 Å². The molecule has 12 heavy (non-hydrogen) atoms. The predicted molar refractivity (Wildman–Crippen MR) is 47.1 cm³/mol. The molecule has 4 nitrogen and oxygen atoms in total. The Morgan fingerprint density at radius 1 is 1.50 bits per heavy atom. The van der Waals surface area contributed by atoms with E-state index in [2.05, 4.69) is 15.4 Å². The molecule has 0 radical (unpaired) electrons. The van der Waals surface area contributed by atoms with Crippen molar-refractivity contribution in [2.45, 2.75) is 0 Å². The van der Waals surface area contributed by atoms with Crippen molar-refractivity contribution >= 4 is 22.9 Å². The Labute approximate surface area is 77.8 Å². The number of aryl methyl sites for hydroxylation is 1. The number of halogens is 1. The quantitative estimate of drug-likeness (QED) is 0.702. The van der Waals surface area contributed by atoms with Crippen LogP contribution in [0.25, 0.3) is 10.7 Å². The van der Waals surface area contributed by atoms with Crippen molar-refractivity contribution in [1.82, 2.24) is 20.2 Å². The Bertz CT molecular complexity index is 355. The van der Waals surface area contributed by atoms with Gasteiger partial charge in [0.15, 0.2) is 0 Å². The number of aromatic nitrogens is 4. The SMILES string of the molecule is Cn1nnc(-c2ccc(Cl)s2)n1. The molecule has 0 N–H and O–H groups in total. The molecule has 0 bridgehead atoms. The Hall–Kier alpha value is -0.940. The summed E-state index contributed by atoms with van der Waals surface area (Å²) in [6, 6.07) is 3.70. The van der Waals surface area contributed by atoms with Crippen molar-refractivity contribution < 1.29 is 0 Å². The second kappa shape index (κ2) is 2.84. The highest BCUT2D eigenvalue weighted by atomic mass is 35.5. The summed E-state index contributed by atoms with van der Waals surface area (Å²) in [5.41, 5.74) is 0. The molecule has 0 aliphatic carbocycles. The zero-order valence-electron chi connectivity index (χ0n) is 6.23. The van der Waals surface area contributed by atoms with Gasteiger partial charge in [0.25, 0.3) is 0 Å². The molecule has 6 heteroatoms. The Kier molecular flexibility index (Phi) is 1.82. The highest BCUT2D eigenvalue weighted by molar-refractivity contribution is 7.19. The third-order valence-electron chi connectivity index (χ3n) is 1.30. The zero-order chi connectivity index (χ0) is 8.55. The highest BCUT2D eigenvalue weighted by Gasteiger charge is 2.06. The van der Waals surface area contributed by atoms with Crippen LogP contribution in [0, 0.1) is 0 Å². The number of hydrogen-bond donors (Lipinski definition) is 0. The van der Waals surface area contributed by atoms with Gasteiger partial charge in [-0.2, -0.15) is 4.80 Å². The van der Waals surface area contributed by atoms with Crippen LogP contribution in [0.5, 0.6) is 0 Å².